The third-order valence-corrected chi connectivity index (χ3v) is 4.36. The van der Waals surface area contributed by atoms with E-state index in [1.165, 1.54) is 12.4 Å². The third kappa shape index (κ3) is 3.04. The minimum atomic E-state index is -2.55. The van der Waals surface area contributed by atoms with E-state index in [1.807, 2.05) is 19.1 Å². The molecule has 1 aliphatic heterocycles. The highest BCUT2D eigenvalue weighted by Gasteiger charge is 2.28. The number of rotatable bonds is 6. The summed E-state index contributed by atoms with van der Waals surface area (Å²) in [5.41, 5.74) is 0.731. The van der Waals surface area contributed by atoms with E-state index in [0.717, 1.165) is 41.5 Å². The topological polar surface area (TPSA) is 76.2 Å². The maximum Gasteiger partial charge on any atom is 0.319 e. The van der Waals surface area contributed by atoms with Crippen molar-refractivity contribution in [2.75, 3.05) is 24.5 Å². The first-order valence-electron chi connectivity index (χ1n) is 8.06. The smallest absolute Gasteiger partial charge is 0.319 e. The van der Waals surface area contributed by atoms with Crippen LogP contribution in [0.3, 0.4) is 0 Å². The molecule has 3 aromatic rings. The molecule has 10 heteroatoms. The minimum absolute atomic E-state index is 0.331. The van der Waals surface area contributed by atoms with Gasteiger partial charge < -0.3 is 10.2 Å². The highest BCUT2D eigenvalue weighted by atomic mass is 19.3. The number of imidazole rings is 1. The van der Waals surface area contributed by atoms with Crippen LogP contribution in [0.15, 0.2) is 24.5 Å². The Bertz CT molecular complexity index is 867. The molecule has 0 unspecified atom stereocenters. The summed E-state index contributed by atoms with van der Waals surface area (Å²) in [5.74, 6) is 2.45. The lowest BCUT2D eigenvalue weighted by Crippen LogP contribution is -2.51. The van der Waals surface area contributed by atoms with E-state index in [9.17, 15) is 8.78 Å². The lowest BCUT2D eigenvalue weighted by atomic mass is 10.0. The molecule has 0 spiro atoms. The molecule has 0 atom stereocenters. The van der Waals surface area contributed by atoms with Crippen LogP contribution in [0, 0.1) is 12.8 Å². The van der Waals surface area contributed by atoms with Crippen LogP contribution in [0.25, 0.3) is 5.65 Å². The first-order valence-corrected chi connectivity index (χ1v) is 8.06. The van der Waals surface area contributed by atoms with Gasteiger partial charge in [0.2, 0.25) is 0 Å². The SMILES string of the molecule is Cc1nnc2ccc(N3CC(CNCc4nccn4C(F)F)C3)nn12. The fourth-order valence-corrected chi connectivity index (χ4v) is 2.99. The molecule has 1 saturated heterocycles. The maximum absolute atomic E-state index is 12.7. The van der Waals surface area contributed by atoms with Gasteiger partial charge in [0.1, 0.15) is 11.6 Å². The molecule has 25 heavy (non-hydrogen) atoms. The quantitative estimate of drug-likeness (QED) is 0.723. The second-order valence-electron chi connectivity index (χ2n) is 6.14. The van der Waals surface area contributed by atoms with Gasteiger partial charge in [-0.3, -0.25) is 4.57 Å². The van der Waals surface area contributed by atoms with Gasteiger partial charge in [-0.2, -0.15) is 13.3 Å². The van der Waals surface area contributed by atoms with E-state index in [0.29, 0.717) is 18.3 Å². The zero-order valence-corrected chi connectivity index (χ0v) is 13.7. The van der Waals surface area contributed by atoms with Crippen LogP contribution in [0.4, 0.5) is 14.6 Å². The van der Waals surface area contributed by atoms with Crippen LogP contribution in [0.2, 0.25) is 0 Å². The number of hydrogen-bond donors (Lipinski definition) is 1. The minimum Gasteiger partial charge on any atom is -0.354 e. The Morgan fingerprint density at radius 1 is 1.28 bits per heavy atom. The van der Waals surface area contributed by atoms with Crippen molar-refractivity contribution < 1.29 is 8.78 Å². The van der Waals surface area contributed by atoms with Crippen LogP contribution in [-0.4, -0.2) is 49.0 Å². The molecule has 3 aromatic heterocycles. The van der Waals surface area contributed by atoms with Crippen LogP contribution >= 0.6 is 0 Å². The van der Waals surface area contributed by atoms with E-state index in [2.05, 4.69) is 30.5 Å². The molecule has 0 aliphatic carbocycles. The van der Waals surface area contributed by atoms with Gasteiger partial charge in [0.15, 0.2) is 11.5 Å². The average Bonchev–Trinajstić information content (AvgIpc) is 3.16. The molecule has 4 rings (SSSR count). The molecule has 4 heterocycles. The number of anilines is 1. The van der Waals surface area contributed by atoms with E-state index in [4.69, 9.17) is 0 Å². The van der Waals surface area contributed by atoms with Gasteiger partial charge in [-0.25, -0.2) is 4.98 Å². The second-order valence-corrected chi connectivity index (χ2v) is 6.14. The standard InChI is InChI=1S/C15H18F2N8/c1-10-20-21-12-2-3-13(22-25(10)12)23-8-11(9-23)6-18-7-14-19-4-5-24(14)15(16)17/h2-5,11,15,18H,6-9H2,1H3. The van der Waals surface area contributed by atoms with E-state index in [1.54, 1.807) is 4.52 Å². The molecular weight excluding hydrogens is 330 g/mol. The maximum atomic E-state index is 12.7. The van der Waals surface area contributed by atoms with Gasteiger partial charge in [0.05, 0.1) is 6.54 Å². The van der Waals surface area contributed by atoms with Crippen molar-refractivity contribution in [1.82, 2.24) is 34.7 Å². The van der Waals surface area contributed by atoms with Crippen LogP contribution in [0.1, 0.15) is 18.2 Å². The molecule has 0 aromatic carbocycles. The Kier molecular flexibility index (Phi) is 4.04. The zero-order valence-electron chi connectivity index (χ0n) is 13.7. The first-order chi connectivity index (χ1) is 12.1. The number of alkyl halides is 2. The van der Waals surface area contributed by atoms with Crippen molar-refractivity contribution in [2.45, 2.75) is 20.0 Å². The Labute approximate surface area is 142 Å². The Morgan fingerprint density at radius 2 is 2.12 bits per heavy atom. The van der Waals surface area contributed by atoms with Crippen molar-refractivity contribution >= 4 is 11.5 Å². The summed E-state index contributed by atoms with van der Waals surface area (Å²) in [7, 11) is 0. The summed E-state index contributed by atoms with van der Waals surface area (Å²) in [4.78, 5) is 6.13. The second kappa shape index (κ2) is 6.36. The number of aryl methyl sites for hydroxylation is 1. The fourth-order valence-electron chi connectivity index (χ4n) is 2.99. The van der Waals surface area contributed by atoms with Crippen molar-refractivity contribution in [2.24, 2.45) is 5.92 Å². The lowest BCUT2D eigenvalue weighted by Gasteiger charge is -2.40. The molecule has 0 amide bonds. The average molecular weight is 348 g/mol. The largest absolute Gasteiger partial charge is 0.354 e. The molecule has 1 fully saturated rings. The van der Waals surface area contributed by atoms with Crippen molar-refractivity contribution in [3.63, 3.8) is 0 Å². The number of hydrogen-bond acceptors (Lipinski definition) is 6. The Morgan fingerprint density at radius 3 is 2.92 bits per heavy atom. The Hall–Kier alpha value is -2.62. The number of nitrogens with one attached hydrogen (secondary N) is 1. The van der Waals surface area contributed by atoms with Crippen LogP contribution < -0.4 is 10.2 Å². The summed E-state index contributed by atoms with van der Waals surface area (Å²) in [6.07, 6.45) is 2.69. The van der Waals surface area contributed by atoms with Gasteiger partial charge >= 0.3 is 6.55 Å². The van der Waals surface area contributed by atoms with Crippen LogP contribution in [0.5, 0.6) is 0 Å². The highest BCUT2D eigenvalue weighted by Crippen LogP contribution is 2.22. The van der Waals surface area contributed by atoms with Crippen molar-refractivity contribution in [3.8, 4) is 0 Å². The summed E-state index contributed by atoms with van der Waals surface area (Å²) < 4.78 is 28.1. The number of fused-ring (bicyclic) bond motifs is 1. The zero-order chi connectivity index (χ0) is 17.4. The molecule has 0 radical (unpaired) electrons. The molecule has 1 N–H and O–H groups in total. The number of aromatic nitrogens is 6. The molecule has 1 aliphatic rings. The molecular formula is C15H18F2N8. The molecule has 0 bridgehead atoms. The molecule has 8 nitrogen and oxygen atoms in total. The number of nitrogens with zero attached hydrogens (tertiary/aromatic N) is 7. The van der Waals surface area contributed by atoms with Gasteiger partial charge in [-0.05, 0) is 19.1 Å². The van der Waals surface area contributed by atoms with E-state index >= 15 is 0 Å². The van der Waals surface area contributed by atoms with Gasteiger partial charge in [0, 0.05) is 37.9 Å². The highest BCUT2D eigenvalue weighted by molar-refractivity contribution is 5.47. The molecule has 0 saturated carbocycles. The van der Waals surface area contributed by atoms with Gasteiger partial charge in [0.25, 0.3) is 0 Å². The summed E-state index contributed by atoms with van der Waals surface area (Å²) >= 11 is 0. The summed E-state index contributed by atoms with van der Waals surface area (Å²) in [5, 5.41) is 15.8. The lowest BCUT2D eigenvalue weighted by molar-refractivity contribution is 0.0665. The van der Waals surface area contributed by atoms with Crippen molar-refractivity contribution in [1.29, 1.82) is 0 Å². The van der Waals surface area contributed by atoms with Crippen molar-refractivity contribution in [3.05, 3.63) is 36.2 Å². The molecule has 132 valence electrons. The number of halogens is 2. The van der Waals surface area contributed by atoms with E-state index in [-0.39, 0.29) is 0 Å². The Balaban J connectivity index is 1.28. The normalized spacial score (nSPS) is 15.3. The monoisotopic (exact) mass is 348 g/mol. The third-order valence-electron chi connectivity index (χ3n) is 4.36. The predicted molar refractivity (Wildman–Crippen MR) is 86.4 cm³/mol. The predicted octanol–water partition coefficient (Wildman–Crippen LogP) is 1.25. The summed E-state index contributed by atoms with van der Waals surface area (Å²) in [6.45, 7) is 2.13. The first kappa shape index (κ1) is 15.9. The van der Waals surface area contributed by atoms with E-state index < -0.39 is 6.55 Å². The fraction of sp³-hybridized carbons (Fsp3) is 0.467. The van der Waals surface area contributed by atoms with Gasteiger partial charge in [-0.15, -0.1) is 15.3 Å². The van der Waals surface area contributed by atoms with Crippen LogP contribution in [-0.2, 0) is 6.54 Å². The van der Waals surface area contributed by atoms with Gasteiger partial charge in [-0.1, -0.05) is 0 Å². The summed E-state index contributed by atoms with van der Waals surface area (Å²) in [6, 6.07) is 3.84.